The zero-order chi connectivity index (χ0) is 12.0. The Balaban J connectivity index is 2.12. The van der Waals surface area contributed by atoms with E-state index in [1.165, 1.54) is 0 Å². The van der Waals surface area contributed by atoms with E-state index in [9.17, 15) is 9.59 Å². The van der Waals surface area contributed by atoms with Crippen molar-refractivity contribution in [2.75, 3.05) is 13.1 Å². The van der Waals surface area contributed by atoms with Crippen molar-refractivity contribution in [1.29, 1.82) is 0 Å². The number of carbonyl (C=O) groups excluding carboxylic acids is 1. The smallest absolute Gasteiger partial charge is 0.303 e. The lowest BCUT2D eigenvalue weighted by Crippen LogP contribution is -2.35. The van der Waals surface area contributed by atoms with Gasteiger partial charge in [0.15, 0.2) is 0 Å². The Bertz CT molecular complexity index is 253. The molecule has 16 heavy (non-hydrogen) atoms. The molecule has 0 aromatic heterocycles. The molecule has 1 aliphatic heterocycles. The number of hydrogen-bond acceptors (Lipinski definition) is 3. The first-order valence-corrected chi connectivity index (χ1v) is 6.07. The van der Waals surface area contributed by atoms with E-state index < -0.39 is 5.97 Å². The lowest BCUT2D eigenvalue weighted by molar-refractivity contribution is -0.137. The lowest BCUT2D eigenvalue weighted by Gasteiger charge is -2.21. The number of rotatable bonds is 7. The predicted octanol–water partition coefficient (Wildman–Crippen LogP) is 1.68. The minimum Gasteiger partial charge on any atom is -0.481 e. The SMILES string of the molecule is CC(=O)[C@H]1CCCN1CCCCCC(=O)O. The third-order valence-corrected chi connectivity index (χ3v) is 3.17. The molecule has 1 aliphatic rings. The number of unbranched alkanes of at least 4 members (excludes halogenated alkanes) is 2. The van der Waals surface area contributed by atoms with Crippen molar-refractivity contribution >= 4 is 11.8 Å². The minimum atomic E-state index is -0.720. The first kappa shape index (κ1) is 13.2. The number of carboxylic acid groups (broad SMARTS) is 1. The monoisotopic (exact) mass is 227 g/mol. The second kappa shape index (κ2) is 6.63. The first-order chi connectivity index (χ1) is 7.61. The summed E-state index contributed by atoms with van der Waals surface area (Å²) in [7, 11) is 0. The van der Waals surface area contributed by atoms with E-state index in [0.29, 0.717) is 0 Å². The van der Waals surface area contributed by atoms with Crippen LogP contribution in [0.2, 0.25) is 0 Å². The van der Waals surface area contributed by atoms with Gasteiger partial charge in [0.25, 0.3) is 0 Å². The molecule has 0 saturated carbocycles. The quantitative estimate of drug-likeness (QED) is 0.672. The fraction of sp³-hybridized carbons (Fsp3) is 0.833. The molecule has 0 aromatic rings. The number of ketones is 1. The Morgan fingerprint density at radius 3 is 2.69 bits per heavy atom. The van der Waals surface area contributed by atoms with Gasteiger partial charge < -0.3 is 5.11 Å². The number of nitrogens with zero attached hydrogens (tertiary/aromatic N) is 1. The molecule has 0 radical (unpaired) electrons. The standard InChI is InChI=1S/C12H21NO3/c1-10(14)11-6-5-9-13(11)8-4-2-3-7-12(15)16/h11H,2-9H2,1H3,(H,15,16)/t11-/m1/s1. The maximum atomic E-state index is 11.3. The second-order valence-corrected chi connectivity index (χ2v) is 4.51. The highest BCUT2D eigenvalue weighted by molar-refractivity contribution is 5.81. The van der Waals surface area contributed by atoms with Crippen LogP contribution < -0.4 is 0 Å². The molecule has 0 aromatic carbocycles. The number of carboxylic acids is 1. The summed E-state index contributed by atoms with van der Waals surface area (Å²) < 4.78 is 0. The summed E-state index contributed by atoms with van der Waals surface area (Å²) in [5.74, 6) is -0.453. The van der Waals surface area contributed by atoms with Gasteiger partial charge in [0.1, 0.15) is 5.78 Å². The van der Waals surface area contributed by atoms with Crippen LogP contribution in [-0.2, 0) is 9.59 Å². The molecule has 1 N–H and O–H groups in total. The third-order valence-electron chi connectivity index (χ3n) is 3.17. The molecule has 0 spiro atoms. The summed E-state index contributed by atoms with van der Waals surface area (Å²) in [5.41, 5.74) is 0. The number of hydrogen-bond donors (Lipinski definition) is 1. The van der Waals surface area contributed by atoms with Gasteiger partial charge >= 0.3 is 5.97 Å². The summed E-state index contributed by atoms with van der Waals surface area (Å²) >= 11 is 0. The number of aliphatic carboxylic acids is 1. The van der Waals surface area contributed by atoms with Crippen LogP contribution in [0.15, 0.2) is 0 Å². The van der Waals surface area contributed by atoms with Crippen molar-refractivity contribution in [2.24, 2.45) is 0 Å². The normalized spacial score (nSPS) is 21.2. The summed E-state index contributed by atoms with van der Waals surface area (Å²) in [6.45, 7) is 3.61. The molecule has 0 unspecified atom stereocenters. The molecule has 0 aliphatic carbocycles. The molecule has 0 amide bonds. The molecular formula is C12H21NO3. The van der Waals surface area contributed by atoms with Crippen LogP contribution in [0.5, 0.6) is 0 Å². The van der Waals surface area contributed by atoms with Crippen molar-refractivity contribution in [1.82, 2.24) is 4.90 Å². The van der Waals surface area contributed by atoms with E-state index in [4.69, 9.17) is 5.11 Å². The fourth-order valence-corrected chi connectivity index (χ4v) is 2.32. The van der Waals surface area contributed by atoms with E-state index >= 15 is 0 Å². The third kappa shape index (κ3) is 4.31. The summed E-state index contributed by atoms with van der Waals surface area (Å²) in [6.07, 6.45) is 5.04. The molecule has 4 nitrogen and oxygen atoms in total. The van der Waals surface area contributed by atoms with Crippen molar-refractivity contribution in [3.05, 3.63) is 0 Å². The molecule has 1 fully saturated rings. The van der Waals surface area contributed by atoms with Crippen LogP contribution in [0.3, 0.4) is 0 Å². The Labute approximate surface area is 96.6 Å². The van der Waals surface area contributed by atoms with Crippen molar-refractivity contribution in [3.63, 3.8) is 0 Å². The summed E-state index contributed by atoms with van der Waals surface area (Å²) in [5, 5.41) is 8.48. The summed E-state index contributed by atoms with van der Waals surface area (Å²) in [6, 6.07) is 0.125. The molecule has 92 valence electrons. The molecule has 1 atom stereocenters. The van der Waals surface area contributed by atoms with Gasteiger partial charge in [-0.2, -0.15) is 0 Å². The fourth-order valence-electron chi connectivity index (χ4n) is 2.32. The zero-order valence-corrected chi connectivity index (χ0v) is 9.95. The van der Waals surface area contributed by atoms with Crippen molar-refractivity contribution in [3.8, 4) is 0 Å². The Hall–Kier alpha value is -0.900. The highest BCUT2D eigenvalue weighted by atomic mass is 16.4. The Morgan fingerprint density at radius 1 is 1.31 bits per heavy atom. The first-order valence-electron chi connectivity index (χ1n) is 6.07. The number of likely N-dealkylation sites (tertiary alicyclic amines) is 1. The average Bonchev–Trinajstić information content (AvgIpc) is 2.65. The van der Waals surface area contributed by atoms with Gasteiger partial charge in [-0.15, -0.1) is 0 Å². The number of Topliss-reactive ketones (excluding diaryl/α,β-unsaturated/α-hetero) is 1. The van der Waals surface area contributed by atoms with Crippen LogP contribution in [0.4, 0.5) is 0 Å². The Kier molecular flexibility index (Phi) is 5.46. The van der Waals surface area contributed by atoms with Crippen LogP contribution in [-0.4, -0.2) is 40.9 Å². The Morgan fingerprint density at radius 2 is 2.06 bits per heavy atom. The molecule has 1 saturated heterocycles. The topological polar surface area (TPSA) is 57.6 Å². The van der Waals surface area contributed by atoms with E-state index in [0.717, 1.165) is 45.2 Å². The van der Waals surface area contributed by atoms with Crippen LogP contribution >= 0.6 is 0 Å². The lowest BCUT2D eigenvalue weighted by atomic mass is 10.1. The van der Waals surface area contributed by atoms with Gasteiger partial charge in [0.2, 0.25) is 0 Å². The highest BCUT2D eigenvalue weighted by Crippen LogP contribution is 2.18. The highest BCUT2D eigenvalue weighted by Gasteiger charge is 2.26. The van der Waals surface area contributed by atoms with Crippen LogP contribution in [0.1, 0.15) is 45.4 Å². The predicted molar refractivity (Wildman–Crippen MR) is 61.4 cm³/mol. The van der Waals surface area contributed by atoms with E-state index in [2.05, 4.69) is 4.90 Å². The van der Waals surface area contributed by atoms with Crippen LogP contribution in [0.25, 0.3) is 0 Å². The van der Waals surface area contributed by atoms with Gasteiger partial charge in [-0.3, -0.25) is 14.5 Å². The maximum absolute atomic E-state index is 11.3. The van der Waals surface area contributed by atoms with Crippen molar-refractivity contribution < 1.29 is 14.7 Å². The van der Waals surface area contributed by atoms with E-state index in [1.54, 1.807) is 6.92 Å². The minimum absolute atomic E-state index is 0.125. The molecule has 1 heterocycles. The van der Waals surface area contributed by atoms with Gasteiger partial charge in [-0.05, 0) is 45.7 Å². The van der Waals surface area contributed by atoms with E-state index in [-0.39, 0.29) is 18.2 Å². The number of carbonyl (C=O) groups is 2. The van der Waals surface area contributed by atoms with Crippen molar-refractivity contribution in [2.45, 2.75) is 51.5 Å². The van der Waals surface area contributed by atoms with Gasteiger partial charge in [-0.1, -0.05) is 6.42 Å². The molecule has 4 heteroatoms. The summed E-state index contributed by atoms with van der Waals surface area (Å²) in [4.78, 5) is 23.9. The largest absolute Gasteiger partial charge is 0.481 e. The molecular weight excluding hydrogens is 206 g/mol. The molecule has 0 bridgehead atoms. The van der Waals surface area contributed by atoms with Gasteiger partial charge in [0, 0.05) is 6.42 Å². The maximum Gasteiger partial charge on any atom is 0.303 e. The second-order valence-electron chi connectivity index (χ2n) is 4.51. The van der Waals surface area contributed by atoms with Gasteiger partial charge in [-0.25, -0.2) is 0 Å². The van der Waals surface area contributed by atoms with Crippen LogP contribution in [0, 0.1) is 0 Å². The molecule has 1 rings (SSSR count). The van der Waals surface area contributed by atoms with E-state index in [1.807, 2.05) is 0 Å². The zero-order valence-electron chi connectivity index (χ0n) is 9.95. The average molecular weight is 227 g/mol. The van der Waals surface area contributed by atoms with Gasteiger partial charge in [0.05, 0.1) is 6.04 Å².